The molecule has 1 atom stereocenters. The molecule has 0 aliphatic carbocycles. The molecule has 0 radical (unpaired) electrons. The number of rotatable bonds is 10. The van der Waals surface area contributed by atoms with Gasteiger partial charge in [0.2, 0.25) is 0 Å². The fourth-order valence-corrected chi connectivity index (χ4v) is 3.13. The minimum Gasteiger partial charge on any atom is -0.493 e. The van der Waals surface area contributed by atoms with E-state index in [-0.39, 0.29) is 24.0 Å². The summed E-state index contributed by atoms with van der Waals surface area (Å²) in [5.74, 6) is 2.89. The van der Waals surface area contributed by atoms with E-state index in [4.69, 9.17) is 19.2 Å². The molecular formula is C23H33IN4O3. The Morgan fingerprint density at radius 1 is 1.26 bits per heavy atom. The van der Waals surface area contributed by atoms with Crippen LogP contribution >= 0.6 is 24.0 Å². The topological polar surface area (TPSA) is 77.0 Å². The maximum absolute atomic E-state index is 6.13. The number of aromatic nitrogens is 1. The van der Waals surface area contributed by atoms with Crippen molar-refractivity contribution in [1.29, 1.82) is 0 Å². The highest BCUT2D eigenvalue weighted by Gasteiger charge is 2.17. The molecule has 2 N–H and O–H groups in total. The van der Waals surface area contributed by atoms with Crippen molar-refractivity contribution in [1.82, 2.24) is 15.6 Å². The van der Waals surface area contributed by atoms with E-state index in [9.17, 15) is 0 Å². The van der Waals surface area contributed by atoms with Crippen LogP contribution in [0.4, 0.5) is 0 Å². The molecule has 1 aliphatic rings. The third-order valence-corrected chi connectivity index (χ3v) is 4.77. The maximum Gasteiger partial charge on any atom is 0.191 e. The largest absolute Gasteiger partial charge is 0.493 e. The third-order valence-electron chi connectivity index (χ3n) is 4.77. The zero-order chi connectivity index (χ0) is 21.0. The highest BCUT2D eigenvalue weighted by molar-refractivity contribution is 14.0. The van der Waals surface area contributed by atoms with Gasteiger partial charge in [-0.15, -0.1) is 24.0 Å². The molecular weight excluding hydrogens is 507 g/mol. The Morgan fingerprint density at radius 3 is 2.90 bits per heavy atom. The van der Waals surface area contributed by atoms with Gasteiger partial charge < -0.3 is 24.8 Å². The van der Waals surface area contributed by atoms with Gasteiger partial charge in [-0.2, -0.15) is 0 Å². The number of pyridine rings is 1. The van der Waals surface area contributed by atoms with Crippen molar-refractivity contribution in [2.75, 3.05) is 39.5 Å². The van der Waals surface area contributed by atoms with Crippen LogP contribution in [0.2, 0.25) is 0 Å². The van der Waals surface area contributed by atoms with Crippen LogP contribution in [0.1, 0.15) is 24.5 Å². The molecule has 8 heteroatoms. The first kappa shape index (κ1) is 25.2. The quantitative estimate of drug-likeness (QED) is 0.208. The van der Waals surface area contributed by atoms with Crippen LogP contribution in [0.3, 0.4) is 0 Å². The van der Waals surface area contributed by atoms with Gasteiger partial charge in [0, 0.05) is 30.8 Å². The van der Waals surface area contributed by atoms with E-state index in [0.717, 1.165) is 49.2 Å². The molecule has 0 bridgehead atoms. The van der Waals surface area contributed by atoms with Crippen LogP contribution < -0.4 is 20.1 Å². The Morgan fingerprint density at radius 2 is 2.16 bits per heavy atom. The van der Waals surface area contributed by atoms with E-state index in [1.165, 1.54) is 5.56 Å². The molecule has 2 aromatic rings. The van der Waals surface area contributed by atoms with Gasteiger partial charge in [0.1, 0.15) is 18.1 Å². The average Bonchev–Trinajstić information content (AvgIpc) is 3.29. The number of halogens is 1. The van der Waals surface area contributed by atoms with Gasteiger partial charge in [-0.3, -0.25) is 4.98 Å². The lowest BCUT2D eigenvalue weighted by atomic mass is 10.1. The van der Waals surface area contributed by atoms with Crippen LogP contribution in [-0.4, -0.2) is 50.5 Å². The molecule has 170 valence electrons. The molecule has 0 saturated carbocycles. The van der Waals surface area contributed by atoms with Gasteiger partial charge in [-0.1, -0.05) is 12.1 Å². The summed E-state index contributed by atoms with van der Waals surface area (Å²) >= 11 is 0. The van der Waals surface area contributed by atoms with E-state index < -0.39 is 0 Å². The van der Waals surface area contributed by atoms with Crippen molar-refractivity contribution in [3.8, 4) is 11.5 Å². The number of aliphatic imine (C=N–C) groups is 1. The third kappa shape index (κ3) is 8.90. The second-order valence-electron chi connectivity index (χ2n) is 7.31. The van der Waals surface area contributed by atoms with Gasteiger partial charge in [-0.05, 0) is 44.0 Å². The van der Waals surface area contributed by atoms with Crippen molar-refractivity contribution in [3.05, 3.63) is 53.9 Å². The average molecular weight is 540 g/mol. The Balaban J connectivity index is 0.00000341. The minimum absolute atomic E-state index is 0. The number of hydrogen-bond donors (Lipinski definition) is 2. The maximum atomic E-state index is 6.13. The molecule has 2 heterocycles. The van der Waals surface area contributed by atoms with Crippen molar-refractivity contribution < 1.29 is 14.2 Å². The molecule has 1 unspecified atom stereocenters. The lowest BCUT2D eigenvalue weighted by molar-refractivity contribution is 0.166. The first-order valence-corrected chi connectivity index (χ1v) is 10.6. The lowest BCUT2D eigenvalue weighted by Crippen LogP contribution is -2.39. The van der Waals surface area contributed by atoms with E-state index in [1.807, 2.05) is 19.1 Å². The van der Waals surface area contributed by atoms with Gasteiger partial charge in [0.25, 0.3) is 0 Å². The van der Waals surface area contributed by atoms with Crippen molar-refractivity contribution in [2.24, 2.45) is 10.9 Å². The zero-order valence-electron chi connectivity index (χ0n) is 18.3. The van der Waals surface area contributed by atoms with Crippen molar-refractivity contribution in [3.63, 3.8) is 0 Å². The van der Waals surface area contributed by atoms with Crippen LogP contribution in [0, 0.1) is 12.8 Å². The molecule has 0 amide bonds. The second-order valence-corrected chi connectivity index (χ2v) is 7.31. The van der Waals surface area contributed by atoms with Crippen molar-refractivity contribution in [2.45, 2.75) is 26.8 Å². The molecule has 1 aliphatic heterocycles. The lowest BCUT2D eigenvalue weighted by Gasteiger charge is -2.15. The minimum atomic E-state index is 0. The van der Waals surface area contributed by atoms with Crippen LogP contribution in [0.5, 0.6) is 11.5 Å². The summed E-state index contributed by atoms with van der Waals surface area (Å²) in [6.07, 6.45) is 4.50. The SMILES string of the molecule is CCNC(=NCc1ccc(C)cc1OCC1CCOC1)NCCOc1cccnc1.I. The number of nitrogens with one attached hydrogen (secondary N) is 2. The molecule has 31 heavy (non-hydrogen) atoms. The Labute approximate surface area is 202 Å². The van der Waals surface area contributed by atoms with Gasteiger partial charge in [0.15, 0.2) is 5.96 Å². The molecule has 1 saturated heterocycles. The van der Waals surface area contributed by atoms with Crippen LogP contribution in [-0.2, 0) is 11.3 Å². The summed E-state index contributed by atoms with van der Waals surface area (Å²) in [5.41, 5.74) is 2.25. The number of nitrogens with zero attached hydrogens (tertiary/aromatic N) is 2. The smallest absolute Gasteiger partial charge is 0.191 e. The van der Waals surface area contributed by atoms with E-state index in [1.54, 1.807) is 12.4 Å². The molecule has 7 nitrogen and oxygen atoms in total. The predicted molar refractivity (Wildman–Crippen MR) is 134 cm³/mol. The highest BCUT2D eigenvalue weighted by atomic mass is 127. The van der Waals surface area contributed by atoms with E-state index in [2.05, 4.69) is 40.7 Å². The summed E-state index contributed by atoms with van der Waals surface area (Å²) in [7, 11) is 0. The summed E-state index contributed by atoms with van der Waals surface area (Å²) in [6.45, 7) is 8.92. The zero-order valence-corrected chi connectivity index (χ0v) is 20.6. The standard InChI is InChI=1S/C23H32N4O3.HI/c1-3-25-23(26-10-12-29-21-5-4-9-24-15-21)27-14-20-7-6-18(2)13-22(20)30-17-19-8-11-28-16-19;/h4-7,9,13,15,19H,3,8,10-12,14,16-17H2,1-2H3,(H2,25,26,27);1H. The second kappa shape index (κ2) is 14.1. The first-order chi connectivity index (χ1) is 14.7. The Bertz CT molecular complexity index is 799. The molecule has 1 aromatic carbocycles. The van der Waals surface area contributed by atoms with Crippen LogP contribution in [0.15, 0.2) is 47.7 Å². The Hall–Kier alpha value is -2.07. The number of benzene rings is 1. The van der Waals surface area contributed by atoms with Crippen molar-refractivity contribution >= 4 is 29.9 Å². The van der Waals surface area contributed by atoms with Crippen LogP contribution in [0.25, 0.3) is 0 Å². The fraction of sp³-hybridized carbons (Fsp3) is 0.478. The first-order valence-electron chi connectivity index (χ1n) is 10.6. The van der Waals surface area contributed by atoms with Gasteiger partial charge >= 0.3 is 0 Å². The molecule has 1 aromatic heterocycles. The Kier molecular flexibility index (Phi) is 11.4. The number of aryl methyl sites for hydroxylation is 1. The normalized spacial score (nSPS) is 15.8. The molecule has 0 spiro atoms. The van der Waals surface area contributed by atoms with E-state index >= 15 is 0 Å². The number of hydrogen-bond acceptors (Lipinski definition) is 5. The molecule has 3 rings (SSSR count). The van der Waals surface area contributed by atoms with Gasteiger partial charge in [-0.25, -0.2) is 4.99 Å². The summed E-state index contributed by atoms with van der Waals surface area (Å²) < 4.78 is 17.2. The summed E-state index contributed by atoms with van der Waals surface area (Å²) in [6, 6.07) is 10.0. The fourth-order valence-electron chi connectivity index (χ4n) is 3.13. The summed E-state index contributed by atoms with van der Waals surface area (Å²) in [5, 5.41) is 6.58. The number of guanidine groups is 1. The van der Waals surface area contributed by atoms with Gasteiger partial charge in [0.05, 0.1) is 32.5 Å². The number of ether oxygens (including phenoxy) is 3. The van der Waals surface area contributed by atoms with E-state index in [0.29, 0.717) is 32.2 Å². The highest BCUT2D eigenvalue weighted by Crippen LogP contribution is 2.23. The predicted octanol–water partition coefficient (Wildman–Crippen LogP) is 3.56. The molecule has 1 fully saturated rings. The summed E-state index contributed by atoms with van der Waals surface area (Å²) in [4.78, 5) is 8.77. The monoisotopic (exact) mass is 540 g/mol.